The maximum atomic E-state index is 13.4. The van der Waals surface area contributed by atoms with E-state index in [4.69, 9.17) is 4.74 Å². The minimum Gasteiger partial charge on any atom is -0.494 e. The maximum absolute atomic E-state index is 13.4. The van der Waals surface area contributed by atoms with Gasteiger partial charge in [0.1, 0.15) is 5.82 Å². The molecule has 0 aliphatic rings. The van der Waals surface area contributed by atoms with Crippen molar-refractivity contribution in [1.82, 2.24) is 9.97 Å². The van der Waals surface area contributed by atoms with Crippen LogP contribution >= 0.6 is 0 Å². The number of ether oxygens (including phenoxy) is 1. The highest BCUT2D eigenvalue weighted by Crippen LogP contribution is 2.23. The van der Waals surface area contributed by atoms with Crippen LogP contribution in [-0.4, -0.2) is 17.1 Å². The number of aromatic amines is 1. The van der Waals surface area contributed by atoms with E-state index >= 15 is 0 Å². The number of halogens is 1. The molecule has 1 aromatic carbocycles. The largest absolute Gasteiger partial charge is 0.494 e. The number of methoxy groups -OCH3 is 1. The number of nitrogens with one attached hydrogen (secondary N) is 1. The average Bonchev–Trinajstić information content (AvgIpc) is 2.37. The van der Waals surface area contributed by atoms with Crippen molar-refractivity contribution in [2.45, 2.75) is 20.3 Å². The van der Waals surface area contributed by atoms with Crippen molar-refractivity contribution in [3.05, 3.63) is 46.1 Å². The van der Waals surface area contributed by atoms with Crippen LogP contribution in [0.2, 0.25) is 0 Å². The first-order chi connectivity index (χ1) is 9.49. The smallest absolute Gasteiger partial charge is 0.251 e. The van der Waals surface area contributed by atoms with Crippen molar-refractivity contribution in [2.75, 3.05) is 7.11 Å². The van der Waals surface area contributed by atoms with E-state index in [9.17, 15) is 9.18 Å². The van der Waals surface area contributed by atoms with E-state index in [1.165, 1.54) is 25.3 Å². The van der Waals surface area contributed by atoms with E-state index < -0.39 is 5.82 Å². The zero-order valence-corrected chi connectivity index (χ0v) is 11.7. The molecular formula is C15H17FN2O2. The second-order valence-corrected chi connectivity index (χ2v) is 5.03. The van der Waals surface area contributed by atoms with Gasteiger partial charge in [-0.15, -0.1) is 0 Å². The molecule has 0 atom stereocenters. The van der Waals surface area contributed by atoms with Gasteiger partial charge in [-0.1, -0.05) is 13.8 Å². The zero-order chi connectivity index (χ0) is 14.7. The summed E-state index contributed by atoms with van der Waals surface area (Å²) in [6, 6.07) is 5.87. The number of nitrogens with zero attached hydrogens (tertiary/aromatic N) is 1. The third-order valence-corrected chi connectivity index (χ3v) is 2.84. The Morgan fingerprint density at radius 3 is 2.75 bits per heavy atom. The van der Waals surface area contributed by atoms with Crippen LogP contribution in [0.5, 0.6) is 5.75 Å². The van der Waals surface area contributed by atoms with E-state index in [-0.39, 0.29) is 11.3 Å². The average molecular weight is 276 g/mol. The van der Waals surface area contributed by atoms with Gasteiger partial charge < -0.3 is 9.72 Å². The van der Waals surface area contributed by atoms with Crippen LogP contribution in [0.4, 0.5) is 4.39 Å². The molecule has 4 nitrogen and oxygen atoms in total. The molecule has 2 rings (SSSR count). The van der Waals surface area contributed by atoms with Crippen LogP contribution in [0, 0.1) is 11.7 Å². The van der Waals surface area contributed by atoms with E-state index in [2.05, 4.69) is 23.8 Å². The first-order valence-corrected chi connectivity index (χ1v) is 6.43. The summed E-state index contributed by atoms with van der Waals surface area (Å²) in [5.41, 5.74) is 1.13. The summed E-state index contributed by atoms with van der Waals surface area (Å²) in [6.07, 6.45) is 0.718. The van der Waals surface area contributed by atoms with Crippen LogP contribution < -0.4 is 10.3 Å². The van der Waals surface area contributed by atoms with Crippen LogP contribution in [0.15, 0.2) is 29.1 Å². The van der Waals surface area contributed by atoms with Crippen molar-refractivity contribution in [3.63, 3.8) is 0 Å². The highest BCUT2D eigenvalue weighted by atomic mass is 19.1. The van der Waals surface area contributed by atoms with Crippen molar-refractivity contribution >= 4 is 0 Å². The van der Waals surface area contributed by atoms with Crippen LogP contribution in [0.1, 0.15) is 19.5 Å². The summed E-state index contributed by atoms with van der Waals surface area (Å²) in [7, 11) is 1.40. The molecule has 0 aliphatic heterocycles. The SMILES string of the molecule is COc1cc(-c2nc(CC(C)C)cc(=O)[nH]2)ccc1F. The van der Waals surface area contributed by atoms with Crippen molar-refractivity contribution in [3.8, 4) is 17.1 Å². The highest BCUT2D eigenvalue weighted by Gasteiger charge is 2.09. The Balaban J connectivity index is 2.46. The molecule has 5 heteroatoms. The Morgan fingerprint density at radius 2 is 2.10 bits per heavy atom. The topological polar surface area (TPSA) is 55.0 Å². The minimum absolute atomic E-state index is 0.124. The molecule has 1 aromatic heterocycles. The lowest BCUT2D eigenvalue weighted by Gasteiger charge is -2.08. The van der Waals surface area contributed by atoms with Gasteiger partial charge in [-0.2, -0.15) is 0 Å². The number of hydrogen-bond acceptors (Lipinski definition) is 3. The Hall–Kier alpha value is -2.17. The third kappa shape index (κ3) is 3.23. The van der Waals surface area contributed by atoms with Gasteiger partial charge in [0.15, 0.2) is 11.6 Å². The number of H-pyrrole nitrogens is 1. The first kappa shape index (κ1) is 14.2. The fourth-order valence-electron chi connectivity index (χ4n) is 1.97. The van der Waals surface area contributed by atoms with Gasteiger partial charge in [0.05, 0.1) is 7.11 Å². The summed E-state index contributed by atoms with van der Waals surface area (Å²) >= 11 is 0. The van der Waals surface area contributed by atoms with E-state index in [1.54, 1.807) is 6.07 Å². The molecule has 0 amide bonds. The van der Waals surface area contributed by atoms with E-state index in [0.717, 1.165) is 12.1 Å². The molecule has 1 heterocycles. The van der Waals surface area contributed by atoms with Crippen LogP contribution in [0.3, 0.4) is 0 Å². The summed E-state index contributed by atoms with van der Waals surface area (Å²) in [5, 5.41) is 0. The lowest BCUT2D eigenvalue weighted by molar-refractivity contribution is 0.386. The van der Waals surface area contributed by atoms with Gasteiger partial charge in [-0.05, 0) is 30.5 Å². The lowest BCUT2D eigenvalue weighted by atomic mass is 10.1. The molecule has 0 radical (unpaired) electrons. The lowest BCUT2D eigenvalue weighted by Crippen LogP contribution is -2.11. The first-order valence-electron chi connectivity index (χ1n) is 6.43. The number of hydrogen-bond donors (Lipinski definition) is 1. The Bertz CT molecular complexity index is 665. The highest BCUT2D eigenvalue weighted by molar-refractivity contribution is 5.57. The quantitative estimate of drug-likeness (QED) is 0.934. The minimum atomic E-state index is -0.447. The van der Waals surface area contributed by atoms with Gasteiger partial charge in [0.25, 0.3) is 5.56 Å². The fraction of sp³-hybridized carbons (Fsp3) is 0.333. The zero-order valence-electron chi connectivity index (χ0n) is 11.7. The van der Waals surface area contributed by atoms with E-state index in [0.29, 0.717) is 17.3 Å². The molecule has 0 saturated heterocycles. The predicted octanol–water partition coefficient (Wildman–Crippen LogP) is 2.78. The number of aromatic nitrogens is 2. The Morgan fingerprint density at radius 1 is 1.35 bits per heavy atom. The molecule has 0 spiro atoms. The van der Waals surface area contributed by atoms with Crippen molar-refractivity contribution in [1.29, 1.82) is 0 Å². The van der Waals surface area contributed by atoms with Crippen molar-refractivity contribution in [2.24, 2.45) is 5.92 Å². The molecule has 2 aromatic rings. The van der Waals surface area contributed by atoms with E-state index in [1.807, 2.05) is 0 Å². The fourth-order valence-corrected chi connectivity index (χ4v) is 1.97. The van der Waals surface area contributed by atoms with Gasteiger partial charge in [-0.25, -0.2) is 9.37 Å². The number of rotatable bonds is 4. The van der Waals surface area contributed by atoms with Crippen molar-refractivity contribution < 1.29 is 9.13 Å². The second-order valence-electron chi connectivity index (χ2n) is 5.03. The van der Waals surface area contributed by atoms with Gasteiger partial charge >= 0.3 is 0 Å². The standard InChI is InChI=1S/C15H17FN2O2/c1-9(2)6-11-8-14(19)18-15(17-11)10-4-5-12(16)13(7-10)20-3/h4-5,7-9H,6H2,1-3H3,(H,17,18,19). The summed E-state index contributed by atoms with van der Waals surface area (Å²) in [6.45, 7) is 4.12. The van der Waals surface area contributed by atoms with Gasteiger partial charge in [-0.3, -0.25) is 4.79 Å². The maximum Gasteiger partial charge on any atom is 0.251 e. The normalized spacial score (nSPS) is 10.8. The van der Waals surface area contributed by atoms with Crippen LogP contribution in [0.25, 0.3) is 11.4 Å². The molecule has 0 bridgehead atoms. The summed E-state index contributed by atoms with van der Waals surface area (Å²) in [5.74, 6) is 0.502. The molecule has 20 heavy (non-hydrogen) atoms. The number of benzene rings is 1. The Kier molecular flexibility index (Phi) is 4.17. The molecule has 0 unspecified atom stereocenters. The molecule has 0 saturated carbocycles. The summed E-state index contributed by atoms with van der Waals surface area (Å²) in [4.78, 5) is 18.8. The third-order valence-electron chi connectivity index (χ3n) is 2.84. The molecule has 1 N–H and O–H groups in total. The predicted molar refractivity (Wildman–Crippen MR) is 75.3 cm³/mol. The Labute approximate surface area is 116 Å². The molecule has 106 valence electrons. The molecule has 0 fully saturated rings. The van der Waals surface area contributed by atoms with Gasteiger partial charge in [0, 0.05) is 17.3 Å². The van der Waals surface area contributed by atoms with Gasteiger partial charge in [0.2, 0.25) is 0 Å². The second kappa shape index (κ2) is 5.86. The van der Waals surface area contributed by atoms with Crippen LogP contribution in [-0.2, 0) is 6.42 Å². The summed E-state index contributed by atoms with van der Waals surface area (Å²) < 4.78 is 18.3. The molecular weight excluding hydrogens is 259 g/mol. The molecule has 0 aliphatic carbocycles. The monoisotopic (exact) mass is 276 g/mol.